The second-order valence-electron chi connectivity index (χ2n) is 5.36. The maximum atomic E-state index is 12.4. The predicted molar refractivity (Wildman–Crippen MR) is 81.9 cm³/mol. The molecule has 0 spiro atoms. The van der Waals surface area contributed by atoms with Crippen molar-refractivity contribution in [1.29, 1.82) is 0 Å². The SMILES string of the molecule is Cc1cc2c(=O)n(CC(=O)N3CCCCC3)c(=O)[nH]c2s1. The van der Waals surface area contributed by atoms with Crippen molar-refractivity contribution in [2.75, 3.05) is 13.1 Å². The molecule has 0 aliphatic carbocycles. The Hall–Kier alpha value is -1.89. The Labute approximate surface area is 125 Å². The van der Waals surface area contributed by atoms with Gasteiger partial charge in [0.1, 0.15) is 11.4 Å². The molecule has 1 aliphatic heterocycles. The van der Waals surface area contributed by atoms with Gasteiger partial charge in [-0.05, 0) is 32.3 Å². The molecule has 0 bridgehead atoms. The van der Waals surface area contributed by atoms with Crippen molar-refractivity contribution in [3.8, 4) is 0 Å². The Morgan fingerprint density at radius 2 is 2.00 bits per heavy atom. The number of rotatable bonds is 2. The highest BCUT2D eigenvalue weighted by Gasteiger charge is 2.19. The van der Waals surface area contributed by atoms with E-state index in [9.17, 15) is 14.4 Å². The summed E-state index contributed by atoms with van der Waals surface area (Å²) in [4.78, 5) is 42.6. The van der Waals surface area contributed by atoms with E-state index < -0.39 is 5.69 Å². The van der Waals surface area contributed by atoms with Gasteiger partial charge in [0.25, 0.3) is 5.56 Å². The molecule has 0 atom stereocenters. The van der Waals surface area contributed by atoms with Crippen LogP contribution in [0.15, 0.2) is 15.7 Å². The second-order valence-corrected chi connectivity index (χ2v) is 6.62. The first-order valence-electron chi connectivity index (χ1n) is 7.07. The summed E-state index contributed by atoms with van der Waals surface area (Å²) in [6, 6.07) is 1.75. The monoisotopic (exact) mass is 307 g/mol. The second kappa shape index (κ2) is 5.48. The molecule has 7 heteroatoms. The highest BCUT2D eigenvalue weighted by molar-refractivity contribution is 7.18. The molecule has 2 aromatic rings. The molecule has 112 valence electrons. The van der Waals surface area contributed by atoms with Crippen LogP contribution < -0.4 is 11.2 Å². The Kier molecular flexibility index (Phi) is 3.67. The highest BCUT2D eigenvalue weighted by Crippen LogP contribution is 2.18. The zero-order chi connectivity index (χ0) is 15.0. The third kappa shape index (κ3) is 2.65. The van der Waals surface area contributed by atoms with E-state index in [0.717, 1.165) is 28.7 Å². The Morgan fingerprint density at radius 3 is 2.71 bits per heavy atom. The van der Waals surface area contributed by atoms with Gasteiger partial charge in [-0.2, -0.15) is 0 Å². The van der Waals surface area contributed by atoms with Gasteiger partial charge in [-0.3, -0.25) is 19.1 Å². The van der Waals surface area contributed by atoms with Gasteiger partial charge in [0, 0.05) is 18.0 Å². The fraction of sp³-hybridized carbons (Fsp3) is 0.500. The summed E-state index contributed by atoms with van der Waals surface area (Å²) in [5.41, 5.74) is -0.900. The quantitative estimate of drug-likeness (QED) is 0.902. The van der Waals surface area contributed by atoms with Gasteiger partial charge in [-0.15, -0.1) is 11.3 Å². The van der Waals surface area contributed by atoms with E-state index >= 15 is 0 Å². The van der Waals surface area contributed by atoms with Crippen molar-refractivity contribution in [1.82, 2.24) is 14.5 Å². The third-order valence-electron chi connectivity index (χ3n) is 3.80. The maximum Gasteiger partial charge on any atom is 0.329 e. The van der Waals surface area contributed by atoms with Gasteiger partial charge in [0.2, 0.25) is 5.91 Å². The van der Waals surface area contributed by atoms with E-state index in [1.54, 1.807) is 11.0 Å². The summed E-state index contributed by atoms with van der Waals surface area (Å²) >= 11 is 1.37. The first kappa shape index (κ1) is 14.1. The number of hydrogen-bond donors (Lipinski definition) is 1. The maximum absolute atomic E-state index is 12.4. The molecule has 21 heavy (non-hydrogen) atoms. The summed E-state index contributed by atoms with van der Waals surface area (Å²) in [6.07, 6.45) is 3.10. The van der Waals surface area contributed by atoms with E-state index in [2.05, 4.69) is 4.98 Å². The fourth-order valence-corrected chi connectivity index (χ4v) is 3.58. The molecule has 1 saturated heterocycles. The molecule has 2 aromatic heterocycles. The summed E-state index contributed by atoms with van der Waals surface area (Å²) in [6.45, 7) is 3.13. The van der Waals surface area contributed by atoms with Gasteiger partial charge >= 0.3 is 5.69 Å². The van der Waals surface area contributed by atoms with E-state index in [-0.39, 0.29) is 18.0 Å². The number of aromatic nitrogens is 2. The lowest BCUT2D eigenvalue weighted by Gasteiger charge is -2.26. The third-order valence-corrected chi connectivity index (χ3v) is 4.76. The van der Waals surface area contributed by atoms with E-state index in [1.165, 1.54) is 11.3 Å². The average Bonchev–Trinajstić information content (AvgIpc) is 2.85. The van der Waals surface area contributed by atoms with Crippen LogP contribution >= 0.6 is 11.3 Å². The summed E-state index contributed by atoms with van der Waals surface area (Å²) in [5.74, 6) is -0.159. The first-order chi connectivity index (χ1) is 10.1. The predicted octanol–water partition coefficient (Wildman–Crippen LogP) is 1.07. The minimum atomic E-state index is -0.514. The van der Waals surface area contributed by atoms with Crippen LogP contribution in [-0.4, -0.2) is 33.4 Å². The van der Waals surface area contributed by atoms with E-state index in [0.29, 0.717) is 23.3 Å². The molecular formula is C14H17N3O3S. The smallest absolute Gasteiger partial charge is 0.329 e. The number of likely N-dealkylation sites (tertiary alicyclic amines) is 1. The fourth-order valence-electron chi connectivity index (χ4n) is 2.69. The van der Waals surface area contributed by atoms with Crippen molar-refractivity contribution in [2.45, 2.75) is 32.7 Å². The van der Waals surface area contributed by atoms with Crippen LogP contribution in [0.3, 0.4) is 0 Å². The zero-order valence-corrected chi connectivity index (χ0v) is 12.7. The number of hydrogen-bond acceptors (Lipinski definition) is 4. The van der Waals surface area contributed by atoms with Crippen molar-refractivity contribution < 1.29 is 4.79 Å². The highest BCUT2D eigenvalue weighted by atomic mass is 32.1. The Bertz CT molecular complexity index is 796. The van der Waals surface area contributed by atoms with Crippen LogP contribution in [0.1, 0.15) is 24.1 Å². The molecule has 0 radical (unpaired) electrons. The molecule has 3 rings (SSSR count). The number of nitrogens with one attached hydrogen (secondary N) is 1. The van der Waals surface area contributed by atoms with Gasteiger partial charge in [-0.1, -0.05) is 0 Å². The number of thiophene rings is 1. The van der Waals surface area contributed by atoms with Crippen molar-refractivity contribution >= 4 is 27.5 Å². The minimum Gasteiger partial charge on any atom is -0.341 e. The number of nitrogens with zero attached hydrogens (tertiary/aromatic N) is 2. The lowest BCUT2D eigenvalue weighted by Crippen LogP contribution is -2.43. The van der Waals surface area contributed by atoms with Gasteiger partial charge < -0.3 is 4.90 Å². The zero-order valence-electron chi connectivity index (χ0n) is 11.8. The topological polar surface area (TPSA) is 75.2 Å². The van der Waals surface area contributed by atoms with E-state index in [1.807, 2.05) is 6.92 Å². The Balaban J connectivity index is 1.94. The number of aromatic amines is 1. The number of amides is 1. The number of fused-ring (bicyclic) bond motifs is 1. The molecule has 0 unspecified atom stereocenters. The van der Waals surface area contributed by atoms with Gasteiger partial charge in [0.05, 0.1) is 5.39 Å². The number of aryl methyl sites for hydroxylation is 1. The van der Waals surface area contributed by atoms with Crippen molar-refractivity contribution in [3.63, 3.8) is 0 Å². The molecule has 0 saturated carbocycles. The summed E-state index contributed by atoms with van der Waals surface area (Å²) in [7, 11) is 0. The first-order valence-corrected chi connectivity index (χ1v) is 7.89. The standard InChI is InChI=1S/C14H17N3O3S/c1-9-7-10-12(21-9)15-14(20)17(13(10)19)8-11(18)16-5-3-2-4-6-16/h7H,2-6,8H2,1H3,(H,15,20). The average molecular weight is 307 g/mol. The largest absolute Gasteiger partial charge is 0.341 e. The molecule has 1 fully saturated rings. The van der Waals surface area contributed by atoms with Crippen molar-refractivity contribution in [3.05, 3.63) is 31.8 Å². The number of carbonyl (C=O) groups is 1. The van der Waals surface area contributed by atoms with Crippen LogP contribution in [0.4, 0.5) is 0 Å². The van der Waals surface area contributed by atoms with Crippen LogP contribution in [0.5, 0.6) is 0 Å². The minimum absolute atomic E-state index is 0.159. The number of piperidine rings is 1. The van der Waals surface area contributed by atoms with Gasteiger partial charge in [-0.25, -0.2) is 4.79 Å². The molecule has 1 N–H and O–H groups in total. The van der Waals surface area contributed by atoms with Crippen LogP contribution in [0.2, 0.25) is 0 Å². The van der Waals surface area contributed by atoms with Crippen molar-refractivity contribution in [2.24, 2.45) is 0 Å². The van der Waals surface area contributed by atoms with Crippen LogP contribution in [-0.2, 0) is 11.3 Å². The van der Waals surface area contributed by atoms with E-state index in [4.69, 9.17) is 0 Å². The lowest BCUT2D eigenvalue weighted by molar-refractivity contribution is -0.132. The summed E-state index contributed by atoms with van der Waals surface area (Å²) < 4.78 is 1.01. The molecule has 1 aliphatic rings. The molecule has 6 nitrogen and oxygen atoms in total. The van der Waals surface area contributed by atoms with Gasteiger partial charge in [0.15, 0.2) is 0 Å². The number of H-pyrrole nitrogens is 1. The van der Waals surface area contributed by atoms with Crippen LogP contribution in [0.25, 0.3) is 10.2 Å². The Morgan fingerprint density at radius 1 is 1.29 bits per heavy atom. The molecule has 3 heterocycles. The molecule has 1 amide bonds. The van der Waals surface area contributed by atoms with Crippen LogP contribution in [0, 0.1) is 6.92 Å². The number of carbonyl (C=O) groups excluding carboxylic acids is 1. The summed E-state index contributed by atoms with van der Waals surface area (Å²) in [5, 5.41) is 0.476. The molecule has 0 aromatic carbocycles. The normalized spacial score (nSPS) is 15.6. The molecular weight excluding hydrogens is 290 g/mol. The lowest BCUT2D eigenvalue weighted by atomic mass is 10.1.